The van der Waals surface area contributed by atoms with Crippen molar-refractivity contribution in [2.45, 2.75) is 18.8 Å². The van der Waals surface area contributed by atoms with E-state index in [9.17, 15) is 0 Å². The van der Waals surface area contributed by atoms with Gasteiger partial charge in [-0.05, 0) is 37.1 Å². The number of aromatic nitrogens is 3. The number of hydrogen-bond donors (Lipinski definition) is 1. The molecule has 1 aromatic heterocycles. The van der Waals surface area contributed by atoms with Gasteiger partial charge < -0.3 is 5.32 Å². The topological polar surface area (TPSA) is 42.7 Å². The number of nitrogens with one attached hydrogen (secondary N) is 1. The van der Waals surface area contributed by atoms with E-state index in [1.807, 2.05) is 30.9 Å². The van der Waals surface area contributed by atoms with Crippen LogP contribution < -0.4 is 5.32 Å². The predicted molar refractivity (Wildman–Crippen MR) is 68.0 cm³/mol. The molecule has 0 aliphatic heterocycles. The molecule has 17 heavy (non-hydrogen) atoms. The molecule has 0 unspecified atom stereocenters. The summed E-state index contributed by atoms with van der Waals surface area (Å²) in [4.78, 5) is 4.63. The van der Waals surface area contributed by atoms with Gasteiger partial charge in [-0.2, -0.15) is 5.10 Å². The molecule has 1 saturated carbocycles. The van der Waals surface area contributed by atoms with Crippen LogP contribution >= 0.6 is 0 Å². The molecule has 1 aromatic carbocycles. The summed E-state index contributed by atoms with van der Waals surface area (Å²) in [6, 6.07) is 8.20. The van der Waals surface area contributed by atoms with Crippen molar-refractivity contribution in [2.24, 2.45) is 7.05 Å². The van der Waals surface area contributed by atoms with Crippen LogP contribution in [0.2, 0.25) is 0 Å². The van der Waals surface area contributed by atoms with Gasteiger partial charge in [0.05, 0.1) is 0 Å². The molecule has 1 aliphatic carbocycles. The molecule has 4 heteroatoms. The number of nitrogens with zero attached hydrogens (tertiary/aromatic N) is 3. The number of benzene rings is 1. The fourth-order valence-electron chi connectivity index (χ4n) is 2.00. The van der Waals surface area contributed by atoms with Crippen molar-refractivity contribution in [3.05, 3.63) is 30.1 Å². The van der Waals surface area contributed by atoms with Crippen LogP contribution in [0, 0.1) is 0 Å². The summed E-state index contributed by atoms with van der Waals surface area (Å²) < 4.78 is 1.92. The van der Waals surface area contributed by atoms with Crippen molar-refractivity contribution >= 4 is 5.69 Å². The summed E-state index contributed by atoms with van der Waals surface area (Å²) in [6.45, 7) is 0. The fraction of sp³-hybridized carbons (Fsp3) is 0.385. The van der Waals surface area contributed by atoms with E-state index in [0.29, 0.717) is 5.92 Å². The van der Waals surface area contributed by atoms with Gasteiger partial charge in [-0.15, -0.1) is 0 Å². The highest BCUT2D eigenvalue weighted by molar-refractivity contribution is 5.59. The molecule has 88 valence electrons. The first-order valence-corrected chi connectivity index (χ1v) is 5.97. The largest absolute Gasteiger partial charge is 0.388 e. The van der Waals surface area contributed by atoms with Crippen molar-refractivity contribution in [3.63, 3.8) is 0 Å². The zero-order valence-corrected chi connectivity index (χ0v) is 10.1. The number of hydrogen-bond acceptors (Lipinski definition) is 3. The van der Waals surface area contributed by atoms with E-state index in [4.69, 9.17) is 0 Å². The summed E-state index contributed by atoms with van der Waals surface area (Å²) in [5.74, 6) is 2.59. The molecule has 0 atom stereocenters. The highest BCUT2D eigenvalue weighted by Crippen LogP contribution is 2.39. The second-order valence-electron chi connectivity index (χ2n) is 4.52. The maximum Gasteiger partial charge on any atom is 0.181 e. The first-order chi connectivity index (χ1) is 8.28. The number of rotatable bonds is 3. The van der Waals surface area contributed by atoms with Crippen LogP contribution in [-0.2, 0) is 7.05 Å². The Balaban J connectivity index is 1.94. The van der Waals surface area contributed by atoms with Crippen LogP contribution in [0.5, 0.6) is 0 Å². The Kier molecular flexibility index (Phi) is 2.35. The van der Waals surface area contributed by atoms with Crippen molar-refractivity contribution in [1.82, 2.24) is 14.8 Å². The number of anilines is 1. The van der Waals surface area contributed by atoms with Gasteiger partial charge in [0.15, 0.2) is 5.82 Å². The van der Waals surface area contributed by atoms with Crippen molar-refractivity contribution in [1.29, 1.82) is 0 Å². The maximum absolute atomic E-state index is 4.63. The monoisotopic (exact) mass is 228 g/mol. The van der Waals surface area contributed by atoms with Gasteiger partial charge in [0.25, 0.3) is 0 Å². The minimum atomic E-state index is 0.637. The lowest BCUT2D eigenvalue weighted by molar-refractivity contribution is 0.705. The van der Waals surface area contributed by atoms with Crippen LogP contribution in [-0.4, -0.2) is 21.8 Å². The summed E-state index contributed by atoms with van der Waals surface area (Å²) >= 11 is 0. The van der Waals surface area contributed by atoms with Crippen LogP contribution in [0.1, 0.15) is 24.6 Å². The minimum Gasteiger partial charge on any atom is -0.388 e. The molecule has 0 saturated heterocycles. The van der Waals surface area contributed by atoms with Gasteiger partial charge in [0, 0.05) is 31.3 Å². The zero-order valence-electron chi connectivity index (χ0n) is 10.1. The van der Waals surface area contributed by atoms with Gasteiger partial charge >= 0.3 is 0 Å². The molecule has 1 fully saturated rings. The Hall–Kier alpha value is -1.84. The molecule has 0 radical (unpaired) electrons. The molecule has 4 nitrogen and oxygen atoms in total. The van der Waals surface area contributed by atoms with E-state index in [1.54, 1.807) is 0 Å². The Morgan fingerprint density at radius 2 is 1.94 bits per heavy atom. The van der Waals surface area contributed by atoms with Crippen LogP contribution in [0.25, 0.3) is 11.4 Å². The molecule has 1 heterocycles. The average Bonchev–Trinajstić information content (AvgIpc) is 3.13. The van der Waals surface area contributed by atoms with Crippen molar-refractivity contribution in [2.75, 3.05) is 12.4 Å². The Morgan fingerprint density at radius 3 is 2.53 bits per heavy atom. The third-order valence-electron chi connectivity index (χ3n) is 3.17. The predicted octanol–water partition coefficient (Wildman–Crippen LogP) is 2.40. The van der Waals surface area contributed by atoms with Crippen LogP contribution in [0.4, 0.5) is 5.69 Å². The second kappa shape index (κ2) is 3.87. The SMILES string of the molecule is CNc1ccc(-c2nc(C3CC3)n(C)n2)cc1. The van der Waals surface area contributed by atoms with Gasteiger partial charge in [-0.25, -0.2) is 4.98 Å². The van der Waals surface area contributed by atoms with Gasteiger partial charge in [0.2, 0.25) is 0 Å². The standard InChI is InChI=1S/C13H16N4/c1-14-11-7-5-9(6-8-11)12-15-13(10-3-4-10)17(2)16-12/h5-8,10,14H,3-4H2,1-2H3. The van der Waals surface area contributed by atoms with Gasteiger partial charge in [0.1, 0.15) is 5.82 Å². The van der Waals surface area contributed by atoms with Crippen molar-refractivity contribution in [3.8, 4) is 11.4 Å². The highest BCUT2D eigenvalue weighted by Gasteiger charge is 2.28. The highest BCUT2D eigenvalue weighted by atomic mass is 15.3. The molecule has 0 spiro atoms. The molecule has 0 bridgehead atoms. The summed E-state index contributed by atoms with van der Waals surface area (Å²) in [6.07, 6.45) is 2.51. The number of aryl methyl sites for hydroxylation is 1. The first kappa shape index (κ1) is 10.3. The lowest BCUT2D eigenvalue weighted by Crippen LogP contribution is -1.96. The Bertz CT molecular complexity index is 523. The van der Waals surface area contributed by atoms with E-state index in [0.717, 1.165) is 22.9 Å². The van der Waals surface area contributed by atoms with Crippen LogP contribution in [0.3, 0.4) is 0 Å². The van der Waals surface area contributed by atoms with E-state index in [2.05, 4.69) is 27.5 Å². The smallest absolute Gasteiger partial charge is 0.181 e. The third-order valence-corrected chi connectivity index (χ3v) is 3.17. The summed E-state index contributed by atoms with van der Waals surface area (Å²) in [5, 5.41) is 7.59. The fourth-order valence-corrected chi connectivity index (χ4v) is 2.00. The quantitative estimate of drug-likeness (QED) is 0.877. The van der Waals surface area contributed by atoms with Crippen molar-refractivity contribution < 1.29 is 0 Å². The normalized spacial score (nSPS) is 14.9. The maximum atomic E-state index is 4.63. The molecule has 2 aromatic rings. The van der Waals surface area contributed by atoms with E-state index < -0.39 is 0 Å². The third kappa shape index (κ3) is 1.90. The Morgan fingerprint density at radius 1 is 1.24 bits per heavy atom. The first-order valence-electron chi connectivity index (χ1n) is 5.97. The van der Waals surface area contributed by atoms with Crippen LogP contribution in [0.15, 0.2) is 24.3 Å². The lowest BCUT2D eigenvalue weighted by Gasteiger charge is -1.99. The Labute approximate surface area is 101 Å². The van der Waals surface area contributed by atoms with Gasteiger partial charge in [-0.3, -0.25) is 4.68 Å². The molecule has 1 aliphatic rings. The molecule has 3 rings (SSSR count). The molecular formula is C13H16N4. The average molecular weight is 228 g/mol. The molecule has 0 amide bonds. The van der Waals surface area contributed by atoms with Gasteiger partial charge in [-0.1, -0.05) is 0 Å². The summed E-state index contributed by atoms with van der Waals surface area (Å²) in [7, 11) is 3.89. The van der Waals surface area contributed by atoms with E-state index >= 15 is 0 Å². The van der Waals surface area contributed by atoms with E-state index in [-0.39, 0.29) is 0 Å². The second-order valence-corrected chi connectivity index (χ2v) is 4.52. The molecular weight excluding hydrogens is 212 g/mol. The minimum absolute atomic E-state index is 0.637. The zero-order chi connectivity index (χ0) is 11.8. The summed E-state index contributed by atoms with van der Waals surface area (Å²) in [5.41, 5.74) is 2.18. The van der Waals surface area contributed by atoms with E-state index in [1.165, 1.54) is 12.8 Å². The molecule has 1 N–H and O–H groups in total. The lowest BCUT2D eigenvalue weighted by atomic mass is 10.2.